The molecule has 0 aromatic rings. The molecule has 1 amide bonds. The number of hydrogen-bond donors (Lipinski definition) is 2. The van der Waals surface area contributed by atoms with Crippen molar-refractivity contribution in [3.05, 3.63) is 0 Å². The van der Waals surface area contributed by atoms with E-state index in [1.807, 2.05) is 0 Å². The SMILES string of the molecule is CC(C)(CC(N)=O)NC1CCOC2(CCCC2)C1. The molecular weight excluding hydrogens is 228 g/mol. The van der Waals surface area contributed by atoms with Crippen LogP contribution in [0.15, 0.2) is 0 Å². The fraction of sp³-hybridized carbons (Fsp3) is 0.929. The van der Waals surface area contributed by atoms with Crippen molar-refractivity contribution in [1.82, 2.24) is 5.32 Å². The van der Waals surface area contributed by atoms with Gasteiger partial charge in [0.25, 0.3) is 0 Å². The highest BCUT2D eigenvalue weighted by Gasteiger charge is 2.41. The molecule has 2 rings (SSSR count). The summed E-state index contributed by atoms with van der Waals surface area (Å²) in [6, 6.07) is 0.450. The first-order valence-electron chi connectivity index (χ1n) is 7.11. The molecule has 1 aliphatic heterocycles. The Morgan fingerprint density at radius 2 is 2.11 bits per heavy atom. The zero-order chi connectivity index (χ0) is 13.2. The van der Waals surface area contributed by atoms with Gasteiger partial charge in [0.05, 0.1) is 5.60 Å². The summed E-state index contributed by atoms with van der Waals surface area (Å²) in [5.41, 5.74) is 5.20. The van der Waals surface area contributed by atoms with Crippen LogP contribution in [-0.4, -0.2) is 29.7 Å². The minimum atomic E-state index is -0.241. The first-order chi connectivity index (χ1) is 8.41. The van der Waals surface area contributed by atoms with Gasteiger partial charge in [0, 0.05) is 24.6 Å². The Balaban J connectivity index is 1.91. The van der Waals surface area contributed by atoms with Gasteiger partial charge in [0.15, 0.2) is 0 Å². The average Bonchev–Trinajstić information content (AvgIpc) is 2.63. The van der Waals surface area contributed by atoms with E-state index in [0.29, 0.717) is 12.5 Å². The van der Waals surface area contributed by atoms with E-state index in [4.69, 9.17) is 10.5 Å². The predicted octanol–water partition coefficient (Wildman–Crippen LogP) is 1.72. The molecule has 0 aromatic heterocycles. The molecule has 1 heterocycles. The minimum Gasteiger partial charge on any atom is -0.375 e. The Morgan fingerprint density at radius 3 is 2.72 bits per heavy atom. The van der Waals surface area contributed by atoms with E-state index in [-0.39, 0.29) is 17.0 Å². The highest BCUT2D eigenvalue weighted by atomic mass is 16.5. The number of nitrogens with two attached hydrogens (primary N) is 1. The zero-order valence-corrected chi connectivity index (χ0v) is 11.6. The van der Waals surface area contributed by atoms with Gasteiger partial charge in [-0.1, -0.05) is 12.8 Å². The molecule has 4 heteroatoms. The lowest BCUT2D eigenvalue weighted by Gasteiger charge is -2.41. The molecule has 2 aliphatic rings. The molecule has 0 bridgehead atoms. The van der Waals surface area contributed by atoms with E-state index < -0.39 is 0 Å². The molecule has 2 fully saturated rings. The molecule has 1 atom stereocenters. The molecule has 18 heavy (non-hydrogen) atoms. The van der Waals surface area contributed by atoms with Crippen molar-refractivity contribution < 1.29 is 9.53 Å². The second kappa shape index (κ2) is 5.17. The Bertz CT molecular complexity index is 309. The van der Waals surface area contributed by atoms with E-state index >= 15 is 0 Å². The van der Waals surface area contributed by atoms with E-state index in [9.17, 15) is 4.79 Å². The second-order valence-corrected chi connectivity index (χ2v) is 6.60. The lowest BCUT2D eigenvalue weighted by Crippen LogP contribution is -2.53. The maximum absolute atomic E-state index is 11.1. The molecular formula is C14H26N2O2. The Kier molecular flexibility index (Phi) is 3.97. The van der Waals surface area contributed by atoms with Crippen LogP contribution in [0.1, 0.15) is 58.8 Å². The maximum atomic E-state index is 11.1. The number of carbonyl (C=O) groups is 1. The molecule has 4 nitrogen and oxygen atoms in total. The first-order valence-corrected chi connectivity index (χ1v) is 7.11. The standard InChI is InChI=1S/C14H26N2O2/c1-13(2,10-12(15)17)16-11-5-8-18-14(9-11)6-3-4-7-14/h11,16H,3-10H2,1-2H3,(H2,15,17). The molecule has 0 radical (unpaired) electrons. The number of ether oxygens (including phenoxy) is 1. The van der Waals surface area contributed by atoms with Gasteiger partial charge in [-0.05, 0) is 39.5 Å². The third-order valence-electron chi connectivity index (χ3n) is 4.22. The quantitative estimate of drug-likeness (QED) is 0.803. The third kappa shape index (κ3) is 3.45. The van der Waals surface area contributed by atoms with E-state index in [2.05, 4.69) is 19.2 Å². The normalized spacial score (nSPS) is 27.6. The first kappa shape index (κ1) is 13.8. The van der Waals surface area contributed by atoms with Crippen LogP contribution in [-0.2, 0) is 9.53 Å². The van der Waals surface area contributed by atoms with Crippen LogP contribution < -0.4 is 11.1 Å². The largest absolute Gasteiger partial charge is 0.375 e. The molecule has 1 aliphatic carbocycles. The smallest absolute Gasteiger partial charge is 0.219 e. The molecule has 1 saturated heterocycles. The summed E-state index contributed by atoms with van der Waals surface area (Å²) in [4.78, 5) is 11.1. The second-order valence-electron chi connectivity index (χ2n) is 6.60. The van der Waals surface area contributed by atoms with Crippen LogP contribution in [0.2, 0.25) is 0 Å². The molecule has 3 N–H and O–H groups in total. The van der Waals surface area contributed by atoms with Crippen LogP contribution in [0.4, 0.5) is 0 Å². The number of amides is 1. The van der Waals surface area contributed by atoms with Gasteiger partial charge in [-0.25, -0.2) is 0 Å². The van der Waals surface area contributed by atoms with Crippen LogP contribution in [0, 0.1) is 0 Å². The highest BCUT2D eigenvalue weighted by molar-refractivity contribution is 5.75. The van der Waals surface area contributed by atoms with Crippen molar-refractivity contribution in [2.75, 3.05) is 6.61 Å². The van der Waals surface area contributed by atoms with Crippen molar-refractivity contribution in [3.8, 4) is 0 Å². The Labute approximate surface area is 110 Å². The zero-order valence-electron chi connectivity index (χ0n) is 11.6. The average molecular weight is 254 g/mol. The van der Waals surface area contributed by atoms with Gasteiger partial charge in [-0.2, -0.15) is 0 Å². The summed E-state index contributed by atoms with van der Waals surface area (Å²) in [6.07, 6.45) is 7.47. The van der Waals surface area contributed by atoms with Gasteiger partial charge >= 0.3 is 0 Å². The van der Waals surface area contributed by atoms with E-state index in [1.165, 1.54) is 25.7 Å². The van der Waals surface area contributed by atoms with Gasteiger partial charge in [0.1, 0.15) is 0 Å². The highest BCUT2D eigenvalue weighted by Crippen LogP contribution is 2.40. The van der Waals surface area contributed by atoms with Crippen molar-refractivity contribution in [3.63, 3.8) is 0 Å². The van der Waals surface area contributed by atoms with Gasteiger partial charge in [-0.15, -0.1) is 0 Å². The summed E-state index contributed by atoms with van der Waals surface area (Å²) >= 11 is 0. The number of primary amides is 1. The maximum Gasteiger partial charge on any atom is 0.219 e. The lowest BCUT2D eigenvalue weighted by atomic mass is 9.87. The van der Waals surface area contributed by atoms with Gasteiger partial charge in [-0.3, -0.25) is 4.79 Å². The third-order valence-corrected chi connectivity index (χ3v) is 4.22. The summed E-state index contributed by atoms with van der Waals surface area (Å²) in [6.45, 7) is 4.94. The van der Waals surface area contributed by atoms with Crippen LogP contribution in [0.3, 0.4) is 0 Å². The molecule has 1 saturated carbocycles. The summed E-state index contributed by atoms with van der Waals surface area (Å²) < 4.78 is 6.02. The lowest BCUT2D eigenvalue weighted by molar-refractivity contribution is -0.119. The van der Waals surface area contributed by atoms with Gasteiger partial charge < -0.3 is 15.8 Å². The summed E-state index contributed by atoms with van der Waals surface area (Å²) in [5.74, 6) is -0.241. The van der Waals surface area contributed by atoms with Crippen molar-refractivity contribution in [1.29, 1.82) is 0 Å². The molecule has 1 unspecified atom stereocenters. The fourth-order valence-electron chi connectivity index (χ4n) is 3.56. The van der Waals surface area contributed by atoms with Crippen molar-refractivity contribution in [2.45, 2.75) is 76.0 Å². The van der Waals surface area contributed by atoms with Crippen molar-refractivity contribution in [2.24, 2.45) is 5.73 Å². The summed E-state index contributed by atoms with van der Waals surface area (Å²) in [7, 11) is 0. The Morgan fingerprint density at radius 1 is 1.44 bits per heavy atom. The number of nitrogens with one attached hydrogen (secondary N) is 1. The van der Waals surface area contributed by atoms with Gasteiger partial charge in [0.2, 0.25) is 5.91 Å². The number of hydrogen-bond acceptors (Lipinski definition) is 3. The van der Waals surface area contributed by atoms with Crippen LogP contribution >= 0.6 is 0 Å². The molecule has 1 spiro atoms. The predicted molar refractivity (Wildman–Crippen MR) is 71.2 cm³/mol. The monoisotopic (exact) mass is 254 g/mol. The number of carbonyl (C=O) groups excluding carboxylic acids is 1. The van der Waals surface area contributed by atoms with E-state index in [1.54, 1.807) is 0 Å². The fourth-order valence-corrected chi connectivity index (χ4v) is 3.56. The summed E-state index contributed by atoms with van der Waals surface area (Å²) in [5, 5.41) is 3.60. The van der Waals surface area contributed by atoms with Crippen molar-refractivity contribution >= 4 is 5.91 Å². The van der Waals surface area contributed by atoms with Crippen LogP contribution in [0.25, 0.3) is 0 Å². The minimum absolute atomic E-state index is 0.124. The topological polar surface area (TPSA) is 64.4 Å². The molecule has 104 valence electrons. The Hall–Kier alpha value is -0.610. The molecule has 0 aromatic carbocycles. The van der Waals surface area contributed by atoms with E-state index in [0.717, 1.165) is 19.4 Å². The number of rotatable bonds is 4. The van der Waals surface area contributed by atoms with Crippen LogP contribution in [0.5, 0.6) is 0 Å².